The molecule has 2 aromatic rings. The van der Waals surface area contributed by atoms with Gasteiger partial charge in [0, 0.05) is 22.5 Å². The van der Waals surface area contributed by atoms with Gasteiger partial charge in [-0.25, -0.2) is 0 Å². The maximum Gasteiger partial charge on any atom is 0.264 e. The SMILES string of the molecule is C[C@@H]1CCCCN1C(=O)c1ccc(-c2cccc(Cl)c2)s1. The molecule has 0 bridgehead atoms. The van der Waals surface area contributed by atoms with Gasteiger partial charge < -0.3 is 4.90 Å². The first-order valence-electron chi connectivity index (χ1n) is 7.32. The summed E-state index contributed by atoms with van der Waals surface area (Å²) >= 11 is 7.58. The lowest BCUT2D eigenvalue weighted by Gasteiger charge is -2.33. The lowest BCUT2D eigenvalue weighted by atomic mass is 10.0. The molecule has 1 saturated heterocycles. The van der Waals surface area contributed by atoms with Gasteiger partial charge in [-0.05, 0) is 56.0 Å². The summed E-state index contributed by atoms with van der Waals surface area (Å²) in [5, 5.41) is 0.721. The average Bonchev–Trinajstić information content (AvgIpc) is 2.97. The molecule has 1 aliphatic heterocycles. The molecule has 0 saturated carbocycles. The predicted molar refractivity (Wildman–Crippen MR) is 89.1 cm³/mol. The molecule has 2 nitrogen and oxygen atoms in total. The molecule has 4 heteroatoms. The van der Waals surface area contributed by atoms with Gasteiger partial charge in [-0.2, -0.15) is 0 Å². The molecule has 1 amide bonds. The number of likely N-dealkylation sites (tertiary alicyclic amines) is 1. The fraction of sp³-hybridized carbons (Fsp3) is 0.353. The molecule has 1 aromatic heterocycles. The monoisotopic (exact) mass is 319 g/mol. The van der Waals surface area contributed by atoms with Crippen molar-refractivity contribution in [3.05, 3.63) is 46.3 Å². The van der Waals surface area contributed by atoms with E-state index in [9.17, 15) is 4.79 Å². The van der Waals surface area contributed by atoms with E-state index < -0.39 is 0 Å². The molecule has 3 rings (SSSR count). The number of thiophene rings is 1. The topological polar surface area (TPSA) is 20.3 Å². The Kier molecular flexibility index (Phi) is 4.32. The van der Waals surface area contributed by atoms with Gasteiger partial charge in [0.25, 0.3) is 5.91 Å². The Hall–Kier alpha value is -1.32. The van der Waals surface area contributed by atoms with Crippen molar-refractivity contribution in [2.24, 2.45) is 0 Å². The van der Waals surface area contributed by atoms with Crippen LogP contribution in [0.5, 0.6) is 0 Å². The summed E-state index contributed by atoms with van der Waals surface area (Å²) in [5.74, 6) is 0.167. The molecule has 110 valence electrons. The van der Waals surface area contributed by atoms with Gasteiger partial charge in [0.1, 0.15) is 0 Å². The highest BCUT2D eigenvalue weighted by molar-refractivity contribution is 7.17. The summed E-state index contributed by atoms with van der Waals surface area (Å²) in [5.41, 5.74) is 1.07. The Morgan fingerprint density at radius 2 is 2.14 bits per heavy atom. The van der Waals surface area contributed by atoms with Crippen molar-refractivity contribution < 1.29 is 4.79 Å². The number of hydrogen-bond acceptors (Lipinski definition) is 2. The third-order valence-corrected chi connectivity index (χ3v) is 5.35. The highest BCUT2D eigenvalue weighted by Gasteiger charge is 2.25. The predicted octanol–water partition coefficient (Wildman–Crippen LogP) is 5.08. The second kappa shape index (κ2) is 6.20. The number of benzene rings is 1. The number of rotatable bonds is 2. The largest absolute Gasteiger partial charge is 0.335 e. The maximum atomic E-state index is 12.6. The average molecular weight is 320 g/mol. The summed E-state index contributed by atoms with van der Waals surface area (Å²) in [7, 11) is 0. The van der Waals surface area contributed by atoms with Crippen LogP contribution in [0.1, 0.15) is 35.9 Å². The molecule has 2 heterocycles. The molecule has 1 atom stereocenters. The smallest absolute Gasteiger partial charge is 0.264 e. The van der Waals surface area contributed by atoms with Gasteiger partial charge in [0.2, 0.25) is 0 Å². The van der Waals surface area contributed by atoms with Gasteiger partial charge in [-0.1, -0.05) is 23.7 Å². The van der Waals surface area contributed by atoms with Crippen LogP contribution in [0.15, 0.2) is 36.4 Å². The Morgan fingerprint density at radius 3 is 2.90 bits per heavy atom. The van der Waals surface area contributed by atoms with Crippen molar-refractivity contribution in [1.82, 2.24) is 4.90 Å². The van der Waals surface area contributed by atoms with Crippen LogP contribution in [0.4, 0.5) is 0 Å². The van der Waals surface area contributed by atoms with Crippen LogP contribution in [0.2, 0.25) is 5.02 Å². The van der Waals surface area contributed by atoms with E-state index >= 15 is 0 Å². The maximum absolute atomic E-state index is 12.6. The first kappa shape index (κ1) is 14.6. The summed E-state index contributed by atoms with van der Waals surface area (Å²) in [4.78, 5) is 16.5. The minimum atomic E-state index is 0.167. The summed E-state index contributed by atoms with van der Waals surface area (Å²) in [6, 6.07) is 12.1. The van der Waals surface area contributed by atoms with E-state index in [4.69, 9.17) is 11.6 Å². The van der Waals surface area contributed by atoms with Crippen molar-refractivity contribution in [2.75, 3.05) is 6.54 Å². The van der Waals surface area contributed by atoms with Crippen molar-refractivity contribution >= 4 is 28.8 Å². The highest BCUT2D eigenvalue weighted by atomic mass is 35.5. The van der Waals surface area contributed by atoms with Crippen LogP contribution in [-0.2, 0) is 0 Å². The molecule has 0 radical (unpaired) electrons. The lowest BCUT2D eigenvalue weighted by molar-refractivity contribution is 0.0640. The molecule has 0 N–H and O–H groups in total. The van der Waals surface area contributed by atoms with Crippen molar-refractivity contribution in [3.8, 4) is 10.4 Å². The van der Waals surface area contributed by atoms with Gasteiger partial charge >= 0.3 is 0 Å². The Morgan fingerprint density at radius 1 is 1.29 bits per heavy atom. The Bertz CT molecular complexity index is 652. The first-order chi connectivity index (χ1) is 10.1. The second-order valence-electron chi connectivity index (χ2n) is 5.52. The minimum absolute atomic E-state index is 0.167. The van der Waals surface area contributed by atoms with Gasteiger partial charge in [0.15, 0.2) is 0 Å². The number of carbonyl (C=O) groups is 1. The number of hydrogen-bond donors (Lipinski definition) is 0. The van der Waals surface area contributed by atoms with E-state index in [1.54, 1.807) is 11.3 Å². The number of nitrogens with zero attached hydrogens (tertiary/aromatic N) is 1. The standard InChI is InChI=1S/C17H18ClNOS/c1-12-5-2-3-10-19(12)17(20)16-9-8-15(21-16)13-6-4-7-14(18)11-13/h4,6-9,11-12H,2-3,5,10H2,1H3/t12-/m1/s1. The summed E-state index contributed by atoms with van der Waals surface area (Å²) in [6.07, 6.45) is 3.45. The van der Waals surface area contributed by atoms with Crippen LogP contribution in [0.25, 0.3) is 10.4 Å². The third-order valence-electron chi connectivity index (χ3n) is 3.99. The highest BCUT2D eigenvalue weighted by Crippen LogP contribution is 2.31. The van der Waals surface area contributed by atoms with E-state index in [-0.39, 0.29) is 5.91 Å². The number of carbonyl (C=O) groups excluding carboxylic acids is 1. The van der Waals surface area contributed by atoms with Crippen LogP contribution in [0.3, 0.4) is 0 Å². The normalized spacial score (nSPS) is 18.8. The van der Waals surface area contributed by atoms with Crippen molar-refractivity contribution in [1.29, 1.82) is 0 Å². The summed E-state index contributed by atoms with van der Waals surface area (Å²) in [6.45, 7) is 3.02. The fourth-order valence-corrected chi connectivity index (χ4v) is 3.94. The fourth-order valence-electron chi connectivity index (χ4n) is 2.79. The van der Waals surface area contributed by atoms with Crippen LogP contribution in [0, 0.1) is 0 Å². The Labute approximate surface area is 134 Å². The molecular weight excluding hydrogens is 302 g/mol. The number of halogens is 1. The van der Waals surface area contributed by atoms with E-state index in [2.05, 4.69) is 6.92 Å². The molecule has 0 aliphatic carbocycles. The zero-order chi connectivity index (χ0) is 14.8. The molecule has 0 unspecified atom stereocenters. The third kappa shape index (κ3) is 3.14. The van der Waals surface area contributed by atoms with Crippen LogP contribution < -0.4 is 0 Å². The van der Waals surface area contributed by atoms with Crippen LogP contribution >= 0.6 is 22.9 Å². The molecule has 21 heavy (non-hydrogen) atoms. The van der Waals surface area contributed by atoms with E-state index in [1.807, 2.05) is 41.3 Å². The van der Waals surface area contributed by atoms with Gasteiger partial charge in [-0.15, -0.1) is 11.3 Å². The van der Waals surface area contributed by atoms with Gasteiger partial charge in [-0.3, -0.25) is 4.79 Å². The Balaban J connectivity index is 1.83. The first-order valence-corrected chi connectivity index (χ1v) is 8.51. The van der Waals surface area contributed by atoms with E-state index in [1.165, 1.54) is 6.42 Å². The van der Waals surface area contributed by atoms with Crippen molar-refractivity contribution in [3.63, 3.8) is 0 Å². The number of amides is 1. The van der Waals surface area contributed by atoms with Crippen molar-refractivity contribution in [2.45, 2.75) is 32.2 Å². The van der Waals surface area contributed by atoms with Crippen LogP contribution in [-0.4, -0.2) is 23.4 Å². The second-order valence-corrected chi connectivity index (χ2v) is 7.04. The molecule has 1 aromatic carbocycles. The van der Waals surface area contributed by atoms with E-state index in [0.717, 1.165) is 39.7 Å². The zero-order valence-corrected chi connectivity index (χ0v) is 13.6. The molecule has 1 aliphatic rings. The molecule has 0 spiro atoms. The van der Waals surface area contributed by atoms with E-state index in [0.29, 0.717) is 6.04 Å². The zero-order valence-electron chi connectivity index (χ0n) is 12.0. The lowest BCUT2D eigenvalue weighted by Crippen LogP contribution is -2.41. The number of piperidine rings is 1. The molecular formula is C17H18ClNOS. The summed E-state index contributed by atoms with van der Waals surface area (Å²) < 4.78 is 0. The minimum Gasteiger partial charge on any atom is -0.335 e. The molecule has 1 fully saturated rings. The van der Waals surface area contributed by atoms with Gasteiger partial charge in [0.05, 0.1) is 4.88 Å². The quantitative estimate of drug-likeness (QED) is 0.755.